The molecule has 0 bridgehead atoms. The summed E-state index contributed by atoms with van der Waals surface area (Å²) >= 11 is 0. The number of H-pyrrole nitrogens is 1. The minimum Gasteiger partial charge on any atom is -0.487 e. The summed E-state index contributed by atoms with van der Waals surface area (Å²) in [6.45, 7) is 6.39. The second-order valence-electron chi connectivity index (χ2n) is 8.93. The second-order valence-corrected chi connectivity index (χ2v) is 13.5. The first-order valence-electron chi connectivity index (χ1n) is 11.4. The minimum atomic E-state index is -1.45. The number of hydrogen-bond donors (Lipinski definition) is 1. The predicted molar refractivity (Wildman–Crippen MR) is 144 cm³/mol. The van der Waals surface area contributed by atoms with Gasteiger partial charge in [-0.25, -0.2) is 4.98 Å². The molecule has 10 heteroatoms. The zero-order valence-corrected chi connectivity index (χ0v) is 21.3. The van der Waals surface area contributed by atoms with Crippen LogP contribution in [-0.4, -0.2) is 33.6 Å². The van der Waals surface area contributed by atoms with E-state index in [1.54, 1.807) is 12.4 Å². The van der Waals surface area contributed by atoms with Gasteiger partial charge in [-0.1, -0.05) is 43.9 Å². The van der Waals surface area contributed by atoms with Crippen LogP contribution < -0.4 is 4.74 Å². The monoisotopic (exact) mass is 494 g/mol. The molecule has 180 valence electrons. The molecular weight excluding hydrogens is 468 g/mol. The Morgan fingerprint density at radius 3 is 2.17 bits per heavy atom. The quantitative estimate of drug-likeness (QED) is 0.120. The molecule has 36 heavy (non-hydrogen) atoms. The van der Waals surface area contributed by atoms with Gasteiger partial charge in [0.25, 0.3) is 0 Å². The average molecular weight is 495 g/mol. The SMILES string of the molecule is C[Si](C)(C)N=[N+]=[N-].c1ccc2nc(COc3ccc(-c4n[nH]nc4-c4ccncc4)cc3)ccc2c1. The zero-order valence-electron chi connectivity index (χ0n) is 20.3. The van der Waals surface area contributed by atoms with Crippen molar-refractivity contribution in [2.75, 3.05) is 0 Å². The number of ether oxygens (including phenoxy) is 1. The molecule has 0 fully saturated rings. The van der Waals surface area contributed by atoms with E-state index in [1.807, 2.05) is 80.3 Å². The van der Waals surface area contributed by atoms with Gasteiger partial charge in [-0.3, -0.25) is 4.98 Å². The zero-order chi connectivity index (χ0) is 25.4. The number of benzene rings is 2. The first kappa shape index (κ1) is 24.6. The molecule has 0 atom stereocenters. The van der Waals surface area contributed by atoms with E-state index in [4.69, 9.17) is 10.3 Å². The number of hydrogen-bond acceptors (Lipinski definition) is 6. The number of rotatable bonds is 6. The van der Waals surface area contributed by atoms with Gasteiger partial charge in [0, 0.05) is 28.9 Å². The lowest BCUT2D eigenvalue weighted by Crippen LogP contribution is -2.13. The molecule has 3 heterocycles. The van der Waals surface area contributed by atoms with Crippen LogP contribution in [0.15, 0.2) is 90.0 Å². The van der Waals surface area contributed by atoms with Crippen molar-refractivity contribution >= 4 is 19.1 Å². The van der Waals surface area contributed by atoms with Crippen molar-refractivity contribution in [2.24, 2.45) is 4.78 Å². The first-order valence-corrected chi connectivity index (χ1v) is 14.8. The second kappa shape index (κ2) is 11.3. The normalized spacial score (nSPS) is 10.8. The topological polar surface area (TPSA) is 125 Å². The van der Waals surface area contributed by atoms with Gasteiger partial charge in [-0.15, -0.1) is 4.78 Å². The summed E-state index contributed by atoms with van der Waals surface area (Å²) in [7, 11) is -1.45. The number of azide groups is 1. The fourth-order valence-electron chi connectivity index (χ4n) is 3.33. The molecule has 0 saturated carbocycles. The fourth-order valence-corrected chi connectivity index (χ4v) is 3.60. The highest BCUT2D eigenvalue weighted by molar-refractivity contribution is 6.74. The van der Waals surface area contributed by atoms with Gasteiger partial charge in [-0.05, 0) is 59.0 Å². The predicted octanol–water partition coefficient (Wildman–Crippen LogP) is 6.79. The van der Waals surface area contributed by atoms with Crippen LogP contribution in [0.25, 0.3) is 43.9 Å². The van der Waals surface area contributed by atoms with Gasteiger partial charge < -0.3 is 4.74 Å². The number of pyridine rings is 2. The number of aromatic amines is 1. The van der Waals surface area contributed by atoms with Crippen LogP contribution in [0, 0.1) is 0 Å². The largest absolute Gasteiger partial charge is 0.487 e. The van der Waals surface area contributed by atoms with Gasteiger partial charge in [0.15, 0.2) is 0 Å². The van der Waals surface area contributed by atoms with Crippen LogP contribution in [0.1, 0.15) is 5.69 Å². The molecule has 0 amide bonds. The van der Waals surface area contributed by atoms with E-state index < -0.39 is 8.24 Å². The third-order valence-electron chi connectivity index (χ3n) is 5.02. The highest BCUT2D eigenvalue weighted by atomic mass is 28.3. The molecule has 2 aromatic carbocycles. The van der Waals surface area contributed by atoms with Crippen molar-refractivity contribution in [3.63, 3.8) is 0 Å². The third-order valence-corrected chi connectivity index (χ3v) is 5.71. The summed E-state index contributed by atoms with van der Waals surface area (Å²) in [6, 6.07) is 23.8. The van der Waals surface area contributed by atoms with Crippen molar-refractivity contribution in [3.8, 4) is 28.3 Å². The Hall–Kier alpha value is -4.53. The Bertz CT molecular complexity index is 1470. The van der Waals surface area contributed by atoms with Crippen molar-refractivity contribution in [2.45, 2.75) is 26.2 Å². The summed E-state index contributed by atoms with van der Waals surface area (Å²) < 4.78 is 9.49. The lowest BCUT2D eigenvalue weighted by Gasteiger charge is -2.08. The van der Waals surface area contributed by atoms with E-state index in [0.29, 0.717) is 6.61 Å². The molecule has 0 radical (unpaired) electrons. The number of para-hydroxylation sites is 1. The standard InChI is InChI=1S/C23H17N5O.C3H9N3Si/c1-2-4-21-16(3-1)5-8-19(25-21)15-29-20-9-6-17(7-10-20)22-23(27-28-26-22)18-11-13-24-14-12-18;1-7(2,3)6-5-4/h1-14H,15H2,(H,26,27,28);1-3H3. The molecule has 0 unspecified atom stereocenters. The van der Waals surface area contributed by atoms with Crippen LogP contribution in [0.4, 0.5) is 0 Å². The minimum absolute atomic E-state index is 0.413. The highest BCUT2D eigenvalue weighted by Gasteiger charge is 2.12. The lowest BCUT2D eigenvalue weighted by molar-refractivity contribution is 0.302. The number of nitrogens with one attached hydrogen (secondary N) is 1. The summed E-state index contributed by atoms with van der Waals surface area (Å²) in [5.41, 5.74) is 13.3. The smallest absolute Gasteiger partial charge is 0.146 e. The average Bonchev–Trinajstić information content (AvgIpc) is 3.38. The van der Waals surface area contributed by atoms with E-state index in [1.165, 1.54) is 0 Å². The van der Waals surface area contributed by atoms with Crippen LogP contribution in [-0.2, 0) is 6.61 Å². The summed E-state index contributed by atoms with van der Waals surface area (Å²) in [5.74, 6) is 0.776. The highest BCUT2D eigenvalue weighted by Crippen LogP contribution is 2.29. The lowest BCUT2D eigenvalue weighted by atomic mass is 10.1. The van der Waals surface area contributed by atoms with Crippen molar-refractivity contribution in [3.05, 3.63) is 101 Å². The molecule has 0 aliphatic rings. The summed E-state index contributed by atoms with van der Waals surface area (Å²) in [6.07, 6.45) is 3.48. The molecule has 0 aliphatic carbocycles. The van der Waals surface area contributed by atoms with Gasteiger partial charge in [0.05, 0.1) is 11.2 Å². The number of nitrogens with zero attached hydrogens (tertiary/aromatic N) is 7. The van der Waals surface area contributed by atoms with E-state index >= 15 is 0 Å². The van der Waals surface area contributed by atoms with Crippen molar-refractivity contribution in [1.82, 2.24) is 25.4 Å². The van der Waals surface area contributed by atoms with E-state index in [0.717, 1.165) is 44.9 Å². The Labute approximate surface area is 209 Å². The van der Waals surface area contributed by atoms with E-state index in [9.17, 15) is 0 Å². The van der Waals surface area contributed by atoms with Crippen LogP contribution >= 0.6 is 0 Å². The van der Waals surface area contributed by atoms with Gasteiger partial charge in [-0.2, -0.15) is 15.4 Å². The third kappa shape index (κ3) is 6.53. The Kier molecular flexibility index (Phi) is 7.69. The number of fused-ring (bicyclic) bond motifs is 1. The maximum Gasteiger partial charge on any atom is 0.146 e. The van der Waals surface area contributed by atoms with Crippen molar-refractivity contribution in [1.29, 1.82) is 0 Å². The number of aromatic nitrogens is 5. The first-order chi connectivity index (χ1) is 17.4. The van der Waals surface area contributed by atoms with Gasteiger partial charge >= 0.3 is 0 Å². The van der Waals surface area contributed by atoms with Gasteiger partial charge in [0.1, 0.15) is 32.0 Å². The molecule has 5 rings (SSSR count). The van der Waals surface area contributed by atoms with Gasteiger partial charge in [0.2, 0.25) is 0 Å². The Morgan fingerprint density at radius 1 is 0.861 bits per heavy atom. The maximum atomic E-state index is 7.89. The van der Waals surface area contributed by atoms with Crippen LogP contribution in [0.2, 0.25) is 19.6 Å². The Balaban J connectivity index is 0.000000384. The van der Waals surface area contributed by atoms with Crippen LogP contribution in [0.5, 0.6) is 5.75 Å². The molecule has 0 saturated heterocycles. The van der Waals surface area contributed by atoms with E-state index in [-0.39, 0.29) is 0 Å². The van der Waals surface area contributed by atoms with Crippen molar-refractivity contribution < 1.29 is 4.74 Å². The van der Waals surface area contributed by atoms with Crippen LogP contribution in [0.3, 0.4) is 0 Å². The molecule has 3 aromatic heterocycles. The summed E-state index contributed by atoms with van der Waals surface area (Å²) in [4.78, 5) is 11.4. The Morgan fingerprint density at radius 2 is 1.53 bits per heavy atom. The molecule has 5 aromatic rings. The summed E-state index contributed by atoms with van der Waals surface area (Å²) in [5, 5.41) is 12.4. The molecular formula is C26H26N8OSi. The molecule has 0 spiro atoms. The molecule has 1 N–H and O–H groups in total. The molecule has 9 nitrogen and oxygen atoms in total. The fraction of sp³-hybridized carbons (Fsp3) is 0.154. The van der Waals surface area contributed by atoms with E-state index in [2.05, 4.69) is 47.2 Å². The molecule has 0 aliphatic heterocycles. The maximum absolute atomic E-state index is 7.89.